The molecule has 1 aromatic heterocycles. The number of anilines is 2. The molecule has 3 aromatic carbocycles. The van der Waals surface area contributed by atoms with Gasteiger partial charge in [-0.05, 0) is 78.7 Å². The Balaban J connectivity index is 1.22. The van der Waals surface area contributed by atoms with E-state index in [0.29, 0.717) is 47.4 Å². The summed E-state index contributed by atoms with van der Waals surface area (Å²) in [6.07, 6.45) is 2.24. The van der Waals surface area contributed by atoms with Gasteiger partial charge in [0.15, 0.2) is 0 Å². The first-order valence-electron chi connectivity index (χ1n) is 11.3. The lowest BCUT2D eigenvalue weighted by Crippen LogP contribution is -2.29. The summed E-state index contributed by atoms with van der Waals surface area (Å²) in [5, 5.41) is 8.27. The van der Waals surface area contributed by atoms with Gasteiger partial charge in [-0.2, -0.15) is 0 Å². The Labute approximate surface area is 219 Å². The molecule has 1 aliphatic rings. The second kappa shape index (κ2) is 9.97. The SMILES string of the molecule is O=C(NCCNc1ccnc2cc(Cl)ccc12)c1ccc2c(c1)CCN2S(=O)(=O)c1ccc(Cl)cc1. The molecule has 2 heterocycles. The molecule has 10 heteroatoms. The number of rotatable bonds is 7. The van der Waals surface area contributed by atoms with Crippen molar-refractivity contribution >= 4 is 61.4 Å². The van der Waals surface area contributed by atoms with E-state index in [1.165, 1.54) is 16.4 Å². The topological polar surface area (TPSA) is 91.4 Å². The van der Waals surface area contributed by atoms with Gasteiger partial charge < -0.3 is 10.6 Å². The van der Waals surface area contributed by atoms with Crippen molar-refractivity contribution in [3.63, 3.8) is 0 Å². The quantitative estimate of drug-likeness (QED) is 0.317. The summed E-state index contributed by atoms with van der Waals surface area (Å²) in [6.45, 7) is 1.25. The van der Waals surface area contributed by atoms with Crippen molar-refractivity contribution in [2.24, 2.45) is 0 Å². The molecule has 2 N–H and O–H groups in total. The summed E-state index contributed by atoms with van der Waals surface area (Å²) in [5.74, 6) is -0.218. The zero-order valence-electron chi connectivity index (χ0n) is 19.0. The number of nitrogens with zero attached hydrogens (tertiary/aromatic N) is 2. The normalized spacial score (nSPS) is 13.0. The molecule has 0 unspecified atom stereocenters. The van der Waals surface area contributed by atoms with Crippen LogP contribution in [0.4, 0.5) is 11.4 Å². The summed E-state index contributed by atoms with van der Waals surface area (Å²) in [4.78, 5) is 17.2. The number of nitrogens with one attached hydrogen (secondary N) is 2. The summed E-state index contributed by atoms with van der Waals surface area (Å²) in [7, 11) is -3.71. The van der Waals surface area contributed by atoms with Crippen molar-refractivity contribution in [3.8, 4) is 0 Å². The average molecular weight is 541 g/mol. The van der Waals surface area contributed by atoms with Crippen LogP contribution in [-0.4, -0.2) is 38.9 Å². The number of carbonyl (C=O) groups is 1. The minimum Gasteiger partial charge on any atom is -0.383 e. The Morgan fingerprint density at radius 1 is 0.944 bits per heavy atom. The summed E-state index contributed by atoms with van der Waals surface area (Å²) in [5.41, 5.74) is 3.60. The second-order valence-corrected chi connectivity index (χ2v) is 11.1. The van der Waals surface area contributed by atoms with E-state index in [1.807, 2.05) is 18.2 Å². The summed E-state index contributed by atoms with van der Waals surface area (Å²) >= 11 is 11.9. The molecular weight excluding hydrogens is 519 g/mol. The van der Waals surface area contributed by atoms with Crippen molar-refractivity contribution in [3.05, 3.63) is 94.1 Å². The van der Waals surface area contributed by atoms with Crippen LogP contribution < -0.4 is 14.9 Å². The van der Waals surface area contributed by atoms with E-state index in [9.17, 15) is 13.2 Å². The molecule has 0 spiro atoms. The van der Waals surface area contributed by atoms with Crippen LogP contribution in [0.25, 0.3) is 10.9 Å². The fraction of sp³-hybridized carbons (Fsp3) is 0.154. The van der Waals surface area contributed by atoms with Crippen molar-refractivity contribution < 1.29 is 13.2 Å². The zero-order chi connectivity index (χ0) is 25.3. The van der Waals surface area contributed by atoms with E-state index >= 15 is 0 Å². The number of pyridine rings is 1. The Morgan fingerprint density at radius 2 is 1.72 bits per heavy atom. The Morgan fingerprint density at radius 3 is 2.53 bits per heavy atom. The number of halogens is 2. The number of amides is 1. The third kappa shape index (κ3) is 4.84. The van der Waals surface area contributed by atoms with Gasteiger partial charge in [0, 0.05) is 52.5 Å². The van der Waals surface area contributed by atoms with Gasteiger partial charge in [0.2, 0.25) is 0 Å². The van der Waals surface area contributed by atoms with Crippen LogP contribution in [0.2, 0.25) is 10.0 Å². The van der Waals surface area contributed by atoms with Crippen LogP contribution >= 0.6 is 23.2 Å². The lowest BCUT2D eigenvalue weighted by atomic mass is 10.1. The predicted octanol–water partition coefficient (Wildman–Crippen LogP) is 5.13. The molecule has 1 amide bonds. The van der Waals surface area contributed by atoms with E-state index in [0.717, 1.165) is 22.2 Å². The molecule has 1 aliphatic heterocycles. The standard InChI is InChI=1S/C26H22Cl2N4O3S/c27-19-2-5-21(6-3-19)36(34,35)32-14-10-17-15-18(1-8-25(17)32)26(33)31-13-12-30-23-9-11-29-24-16-20(28)4-7-22(23)24/h1-9,11,15-16H,10,12-14H2,(H,29,30)(H,31,33). The fourth-order valence-corrected chi connectivity index (χ4v) is 6.04. The van der Waals surface area contributed by atoms with Crippen molar-refractivity contribution in [2.45, 2.75) is 11.3 Å². The van der Waals surface area contributed by atoms with E-state index in [-0.39, 0.29) is 10.8 Å². The minimum atomic E-state index is -3.71. The van der Waals surface area contributed by atoms with Gasteiger partial charge in [-0.1, -0.05) is 23.2 Å². The van der Waals surface area contributed by atoms with E-state index in [1.54, 1.807) is 42.6 Å². The molecule has 36 heavy (non-hydrogen) atoms. The smallest absolute Gasteiger partial charge is 0.264 e. The van der Waals surface area contributed by atoms with Gasteiger partial charge in [-0.25, -0.2) is 8.42 Å². The van der Waals surface area contributed by atoms with Crippen LogP contribution in [0, 0.1) is 0 Å². The van der Waals surface area contributed by atoms with Crippen LogP contribution in [0.15, 0.2) is 77.8 Å². The van der Waals surface area contributed by atoms with Crippen molar-refractivity contribution in [1.29, 1.82) is 0 Å². The van der Waals surface area contributed by atoms with Gasteiger partial charge in [-0.3, -0.25) is 14.1 Å². The number of aromatic nitrogens is 1. The molecule has 0 atom stereocenters. The summed E-state index contributed by atoms with van der Waals surface area (Å²) in [6, 6.07) is 18.6. The molecule has 7 nitrogen and oxygen atoms in total. The predicted molar refractivity (Wildman–Crippen MR) is 144 cm³/mol. The average Bonchev–Trinajstić information content (AvgIpc) is 3.31. The molecule has 0 saturated heterocycles. The fourth-order valence-electron chi connectivity index (χ4n) is 4.25. The first-order chi connectivity index (χ1) is 17.3. The number of hydrogen-bond donors (Lipinski definition) is 2. The van der Waals surface area contributed by atoms with Crippen molar-refractivity contribution in [2.75, 3.05) is 29.3 Å². The highest BCUT2D eigenvalue weighted by atomic mass is 35.5. The molecule has 4 aromatic rings. The van der Waals surface area contributed by atoms with Gasteiger partial charge >= 0.3 is 0 Å². The number of hydrogen-bond acceptors (Lipinski definition) is 5. The molecule has 0 saturated carbocycles. The molecule has 0 fully saturated rings. The lowest BCUT2D eigenvalue weighted by molar-refractivity contribution is 0.0955. The van der Waals surface area contributed by atoms with Crippen LogP contribution in [0.1, 0.15) is 15.9 Å². The monoisotopic (exact) mass is 540 g/mol. The third-order valence-corrected chi connectivity index (χ3v) is 8.34. The van der Waals surface area contributed by atoms with Crippen molar-refractivity contribution in [1.82, 2.24) is 10.3 Å². The van der Waals surface area contributed by atoms with E-state index in [4.69, 9.17) is 23.2 Å². The maximum atomic E-state index is 13.1. The lowest BCUT2D eigenvalue weighted by Gasteiger charge is -2.19. The molecule has 0 radical (unpaired) electrons. The van der Waals surface area contributed by atoms with E-state index in [2.05, 4.69) is 15.6 Å². The molecule has 0 bridgehead atoms. The Kier molecular flexibility index (Phi) is 6.75. The third-order valence-electron chi connectivity index (χ3n) is 6.03. The highest BCUT2D eigenvalue weighted by molar-refractivity contribution is 7.92. The first-order valence-corrected chi connectivity index (χ1v) is 13.5. The van der Waals surface area contributed by atoms with Crippen LogP contribution in [0.3, 0.4) is 0 Å². The van der Waals surface area contributed by atoms with Gasteiger partial charge in [0.1, 0.15) is 0 Å². The minimum absolute atomic E-state index is 0.180. The largest absolute Gasteiger partial charge is 0.383 e. The number of fused-ring (bicyclic) bond motifs is 2. The number of sulfonamides is 1. The number of carbonyl (C=O) groups excluding carboxylic acids is 1. The van der Waals surface area contributed by atoms with Gasteiger partial charge in [0.05, 0.1) is 16.1 Å². The van der Waals surface area contributed by atoms with Crippen LogP contribution in [0.5, 0.6) is 0 Å². The second-order valence-electron chi connectivity index (χ2n) is 8.33. The number of benzene rings is 3. The van der Waals surface area contributed by atoms with Crippen LogP contribution in [-0.2, 0) is 16.4 Å². The maximum absolute atomic E-state index is 13.1. The highest BCUT2D eigenvalue weighted by Crippen LogP contribution is 2.34. The molecule has 184 valence electrons. The first kappa shape index (κ1) is 24.4. The molecule has 0 aliphatic carbocycles. The summed E-state index contributed by atoms with van der Waals surface area (Å²) < 4.78 is 27.6. The maximum Gasteiger partial charge on any atom is 0.264 e. The van der Waals surface area contributed by atoms with Gasteiger partial charge in [-0.15, -0.1) is 0 Å². The molecule has 5 rings (SSSR count). The highest BCUT2D eigenvalue weighted by Gasteiger charge is 2.31. The Bertz CT molecular complexity index is 1560. The van der Waals surface area contributed by atoms with E-state index < -0.39 is 10.0 Å². The zero-order valence-corrected chi connectivity index (χ0v) is 21.4. The van der Waals surface area contributed by atoms with Gasteiger partial charge in [0.25, 0.3) is 15.9 Å². The Hall–Kier alpha value is -3.33. The molecular formula is C26H22Cl2N4O3S.